The van der Waals surface area contributed by atoms with Crippen molar-refractivity contribution in [1.29, 1.82) is 0 Å². The molecule has 0 saturated heterocycles. The third kappa shape index (κ3) is 4.82. The molecule has 0 fully saturated rings. The van der Waals surface area contributed by atoms with Crippen molar-refractivity contribution in [3.8, 4) is 0 Å². The standard InChI is InChI=1S/C12H15Cl2NO5S/c1-8-5-9(13)6-10(14)12(8)21(18,19)15(2)3-4-20-7-11(16)17/h5-6H,3-4,7H2,1-2H3,(H,16,17). The molecule has 1 aromatic carbocycles. The summed E-state index contributed by atoms with van der Waals surface area (Å²) in [4.78, 5) is 10.3. The molecular formula is C12H15Cl2NO5S. The number of halogens is 2. The summed E-state index contributed by atoms with van der Waals surface area (Å²) in [6.45, 7) is 1.09. The van der Waals surface area contributed by atoms with E-state index in [1.54, 1.807) is 6.92 Å². The van der Waals surface area contributed by atoms with E-state index in [9.17, 15) is 13.2 Å². The SMILES string of the molecule is Cc1cc(Cl)cc(Cl)c1S(=O)(=O)N(C)CCOCC(=O)O. The number of hydrogen-bond acceptors (Lipinski definition) is 4. The number of aryl methyl sites for hydroxylation is 1. The van der Waals surface area contributed by atoms with Crippen LogP contribution >= 0.6 is 23.2 Å². The molecule has 0 amide bonds. The summed E-state index contributed by atoms with van der Waals surface area (Å²) in [7, 11) is -2.44. The minimum Gasteiger partial charge on any atom is -0.480 e. The van der Waals surface area contributed by atoms with Crippen molar-refractivity contribution < 1.29 is 23.1 Å². The smallest absolute Gasteiger partial charge is 0.329 e. The molecule has 9 heteroatoms. The van der Waals surface area contributed by atoms with E-state index in [-0.39, 0.29) is 23.1 Å². The highest BCUT2D eigenvalue weighted by Crippen LogP contribution is 2.30. The number of benzene rings is 1. The third-order valence-corrected chi connectivity index (χ3v) is 5.33. The maximum Gasteiger partial charge on any atom is 0.329 e. The van der Waals surface area contributed by atoms with Crippen LogP contribution in [0.3, 0.4) is 0 Å². The Labute approximate surface area is 133 Å². The molecule has 0 saturated carbocycles. The Morgan fingerprint density at radius 2 is 2.00 bits per heavy atom. The molecule has 1 rings (SSSR count). The maximum atomic E-state index is 12.4. The number of aliphatic carboxylic acids is 1. The molecular weight excluding hydrogens is 341 g/mol. The van der Waals surface area contributed by atoms with Gasteiger partial charge in [0.1, 0.15) is 11.5 Å². The number of carbonyl (C=O) groups is 1. The highest BCUT2D eigenvalue weighted by atomic mass is 35.5. The largest absolute Gasteiger partial charge is 0.480 e. The van der Waals surface area contributed by atoms with Crippen molar-refractivity contribution in [2.45, 2.75) is 11.8 Å². The number of rotatable bonds is 7. The normalized spacial score (nSPS) is 11.9. The van der Waals surface area contributed by atoms with E-state index in [2.05, 4.69) is 0 Å². The van der Waals surface area contributed by atoms with Gasteiger partial charge in [-0.2, -0.15) is 4.31 Å². The van der Waals surface area contributed by atoms with Gasteiger partial charge in [-0.1, -0.05) is 23.2 Å². The van der Waals surface area contributed by atoms with Crippen molar-refractivity contribution in [1.82, 2.24) is 4.31 Å². The highest BCUT2D eigenvalue weighted by molar-refractivity contribution is 7.89. The maximum absolute atomic E-state index is 12.4. The van der Waals surface area contributed by atoms with Crippen LogP contribution in [0.5, 0.6) is 0 Å². The second kappa shape index (κ2) is 7.42. The van der Waals surface area contributed by atoms with Gasteiger partial charge >= 0.3 is 5.97 Å². The fraction of sp³-hybridized carbons (Fsp3) is 0.417. The summed E-state index contributed by atoms with van der Waals surface area (Å²) in [6.07, 6.45) is 0. The molecule has 0 spiro atoms. The molecule has 0 unspecified atom stereocenters. The fourth-order valence-corrected chi connectivity index (χ4v) is 3.93. The summed E-state index contributed by atoms with van der Waals surface area (Å²) in [5, 5.41) is 8.82. The quantitative estimate of drug-likeness (QED) is 0.756. The Morgan fingerprint density at radius 1 is 1.38 bits per heavy atom. The first-order valence-electron chi connectivity index (χ1n) is 5.87. The Morgan fingerprint density at radius 3 is 2.52 bits per heavy atom. The van der Waals surface area contributed by atoms with Gasteiger partial charge in [0.05, 0.1) is 11.6 Å². The van der Waals surface area contributed by atoms with Crippen molar-refractivity contribution >= 4 is 39.2 Å². The molecule has 0 atom stereocenters. The van der Waals surface area contributed by atoms with Crippen LogP contribution in [0, 0.1) is 6.92 Å². The predicted molar refractivity (Wildman–Crippen MR) is 79.5 cm³/mol. The first-order valence-corrected chi connectivity index (χ1v) is 8.07. The Kier molecular flexibility index (Phi) is 6.42. The number of nitrogens with zero attached hydrogens (tertiary/aromatic N) is 1. The first-order chi connectivity index (χ1) is 9.66. The zero-order valence-electron chi connectivity index (χ0n) is 11.5. The van der Waals surface area contributed by atoms with Crippen LogP contribution in [-0.4, -0.2) is 50.6 Å². The van der Waals surface area contributed by atoms with Gasteiger partial charge in [0.2, 0.25) is 10.0 Å². The average Bonchev–Trinajstić information content (AvgIpc) is 2.32. The van der Waals surface area contributed by atoms with Gasteiger partial charge in [-0.3, -0.25) is 0 Å². The van der Waals surface area contributed by atoms with Gasteiger partial charge in [-0.25, -0.2) is 13.2 Å². The number of carboxylic acid groups (broad SMARTS) is 1. The van der Waals surface area contributed by atoms with Crippen molar-refractivity contribution in [2.75, 3.05) is 26.8 Å². The minimum atomic E-state index is -3.80. The van der Waals surface area contributed by atoms with Crippen LogP contribution in [-0.2, 0) is 19.6 Å². The number of likely N-dealkylation sites (N-methyl/N-ethyl adjacent to an activating group) is 1. The van der Waals surface area contributed by atoms with Crippen LogP contribution in [0.15, 0.2) is 17.0 Å². The molecule has 0 radical (unpaired) electrons. The van der Waals surface area contributed by atoms with Gasteiger partial charge in [0, 0.05) is 18.6 Å². The van der Waals surface area contributed by atoms with Crippen LogP contribution < -0.4 is 0 Å². The molecule has 0 bridgehead atoms. The van der Waals surface area contributed by atoms with E-state index in [1.165, 1.54) is 19.2 Å². The van der Waals surface area contributed by atoms with Crippen molar-refractivity contribution in [2.24, 2.45) is 0 Å². The third-order valence-electron chi connectivity index (χ3n) is 2.64. The summed E-state index contributed by atoms with van der Waals surface area (Å²) in [5.74, 6) is -1.11. The first kappa shape index (κ1) is 18.2. The molecule has 0 aliphatic rings. The predicted octanol–water partition coefficient (Wildman–Crippen LogP) is 2.02. The molecule has 0 aliphatic heterocycles. The van der Waals surface area contributed by atoms with Crippen LogP contribution in [0.1, 0.15) is 5.56 Å². The number of ether oxygens (including phenoxy) is 1. The van der Waals surface area contributed by atoms with Crippen LogP contribution in [0.4, 0.5) is 0 Å². The minimum absolute atomic E-state index is 0.00795. The van der Waals surface area contributed by atoms with E-state index in [1.807, 2.05) is 0 Å². The lowest BCUT2D eigenvalue weighted by molar-refractivity contribution is -0.142. The fourth-order valence-electron chi connectivity index (χ4n) is 1.64. The zero-order chi connectivity index (χ0) is 16.2. The Hall–Kier alpha value is -0.860. The Balaban J connectivity index is 2.88. The van der Waals surface area contributed by atoms with E-state index in [0.29, 0.717) is 10.6 Å². The molecule has 118 valence electrons. The van der Waals surface area contributed by atoms with Gasteiger partial charge < -0.3 is 9.84 Å². The topological polar surface area (TPSA) is 83.9 Å². The number of hydrogen-bond donors (Lipinski definition) is 1. The molecule has 1 N–H and O–H groups in total. The number of sulfonamides is 1. The Bertz CT molecular complexity index is 610. The van der Waals surface area contributed by atoms with Crippen molar-refractivity contribution in [3.63, 3.8) is 0 Å². The van der Waals surface area contributed by atoms with E-state index in [0.717, 1.165) is 4.31 Å². The van der Waals surface area contributed by atoms with E-state index >= 15 is 0 Å². The molecule has 0 aliphatic carbocycles. The lowest BCUT2D eigenvalue weighted by atomic mass is 10.2. The van der Waals surface area contributed by atoms with Crippen molar-refractivity contribution in [3.05, 3.63) is 27.7 Å². The van der Waals surface area contributed by atoms with Crippen LogP contribution in [0.25, 0.3) is 0 Å². The summed E-state index contributed by atoms with van der Waals surface area (Å²) in [5.41, 5.74) is 0.436. The zero-order valence-corrected chi connectivity index (χ0v) is 13.8. The van der Waals surface area contributed by atoms with E-state index < -0.39 is 22.6 Å². The molecule has 0 aromatic heterocycles. The lowest BCUT2D eigenvalue weighted by Gasteiger charge is -2.19. The molecule has 0 heterocycles. The molecule has 21 heavy (non-hydrogen) atoms. The van der Waals surface area contributed by atoms with Crippen LogP contribution in [0.2, 0.25) is 10.0 Å². The summed E-state index contributed by atoms with van der Waals surface area (Å²) < 4.78 is 30.7. The van der Waals surface area contributed by atoms with Gasteiger partial charge in [-0.15, -0.1) is 0 Å². The van der Waals surface area contributed by atoms with Gasteiger partial charge in [0.15, 0.2) is 0 Å². The second-order valence-electron chi connectivity index (χ2n) is 4.31. The summed E-state index contributed by atoms with van der Waals surface area (Å²) in [6, 6.07) is 2.87. The number of carboxylic acids is 1. The highest BCUT2D eigenvalue weighted by Gasteiger charge is 2.25. The summed E-state index contributed by atoms with van der Waals surface area (Å²) >= 11 is 11.8. The molecule has 6 nitrogen and oxygen atoms in total. The van der Waals surface area contributed by atoms with Gasteiger partial charge in [0.25, 0.3) is 0 Å². The second-order valence-corrected chi connectivity index (χ2v) is 7.13. The average molecular weight is 356 g/mol. The lowest BCUT2D eigenvalue weighted by Crippen LogP contribution is -2.31. The molecule has 1 aromatic rings. The van der Waals surface area contributed by atoms with E-state index in [4.69, 9.17) is 33.0 Å². The monoisotopic (exact) mass is 355 g/mol. The van der Waals surface area contributed by atoms with Gasteiger partial charge in [-0.05, 0) is 24.6 Å².